The number of ketones is 1. The number of imide groups is 1. The van der Waals surface area contributed by atoms with Gasteiger partial charge < -0.3 is 23.8 Å². The Morgan fingerprint density at radius 2 is 1.68 bits per heavy atom. The molecule has 2 fully saturated rings. The normalized spacial score (nSPS) is 17.7. The fourth-order valence-electron chi connectivity index (χ4n) is 4.20. The van der Waals surface area contributed by atoms with Crippen molar-refractivity contribution < 1.29 is 33.3 Å². The Morgan fingerprint density at radius 3 is 2.32 bits per heavy atom. The quantitative estimate of drug-likeness (QED) is 0.208. The summed E-state index contributed by atoms with van der Waals surface area (Å²) in [4.78, 5) is 41.7. The molecular weight excluding hydrogens is 528 g/mol. The number of nitrogens with zero attached hydrogens (tertiary/aromatic N) is 2. The maximum atomic E-state index is 13.0. The lowest BCUT2D eigenvalue weighted by Gasteiger charge is -2.29. The molecule has 38 heavy (non-hydrogen) atoms. The van der Waals surface area contributed by atoms with Crippen LogP contribution in [0.5, 0.6) is 17.2 Å². The van der Waals surface area contributed by atoms with E-state index >= 15 is 0 Å². The monoisotopic (exact) mass is 556 g/mol. The molecule has 200 valence electrons. The van der Waals surface area contributed by atoms with Crippen molar-refractivity contribution in [3.63, 3.8) is 0 Å². The minimum absolute atomic E-state index is 0.0740. The number of allylic oxidation sites excluding steroid dienone is 1. The third-order valence-corrected chi connectivity index (χ3v) is 7.84. The van der Waals surface area contributed by atoms with Gasteiger partial charge in [0.2, 0.25) is 17.6 Å². The fraction of sp³-hybridized carbons (Fsp3) is 0.333. The molecule has 0 bridgehead atoms. The molecule has 0 saturated carbocycles. The molecule has 4 rings (SSSR count). The molecule has 0 unspecified atom stereocenters. The molecule has 9 nitrogen and oxygen atoms in total. The van der Waals surface area contributed by atoms with Gasteiger partial charge in [0.05, 0.1) is 40.2 Å². The SMILES string of the molecule is COc1ccc(/C=C/C(=O)c2ccc(N3C(=O)C[C@@H](SC(=S)N4CCOCC4)C3=O)cc2)c(OC)c1OC. The van der Waals surface area contributed by atoms with Gasteiger partial charge in [-0.15, -0.1) is 0 Å². The zero-order valence-electron chi connectivity index (χ0n) is 21.3. The number of amides is 2. The van der Waals surface area contributed by atoms with Crippen LogP contribution < -0.4 is 19.1 Å². The lowest BCUT2D eigenvalue weighted by molar-refractivity contribution is -0.121. The summed E-state index contributed by atoms with van der Waals surface area (Å²) in [6, 6.07) is 9.86. The lowest BCUT2D eigenvalue weighted by Crippen LogP contribution is -2.39. The van der Waals surface area contributed by atoms with Crippen molar-refractivity contribution in [3.05, 3.63) is 53.6 Å². The molecule has 2 aromatic carbocycles. The third-order valence-electron chi connectivity index (χ3n) is 6.18. The molecule has 2 aliphatic rings. The highest BCUT2D eigenvalue weighted by Gasteiger charge is 2.41. The van der Waals surface area contributed by atoms with Crippen LogP contribution in [-0.2, 0) is 14.3 Å². The molecule has 2 saturated heterocycles. The maximum Gasteiger partial charge on any atom is 0.247 e. The summed E-state index contributed by atoms with van der Waals surface area (Å²) >= 11 is 6.74. The van der Waals surface area contributed by atoms with E-state index in [1.165, 1.54) is 39.2 Å². The van der Waals surface area contributed by atoms with Gasteiger partial charge in [0, 0.05) is 30.6 Å². The van der Waals surface area contributed by atoms with E-state index in [9.17, 15) is 14.4 Å². The molecule has 0 radical (unpaired) electrons. The van der Waals surface area contributed by atoms with Crippen LogP contribution in [0, 0.1) is 0 Å². The van der Waals surface area contributed by atoms with E-state index in [-0.39, 0.29) is 24.0 Å². The number of thiocarbonyl (C=S) groups is 1. The summed E-state index contributed by atoms with van der Waals surface area (Å²) in [6.45, 7) is 2.53. The van der Waals surface area contributed by atoms with Crippen LogP contribution in [0.3, 0.4) is 0 Å². The Kier molecular flexibility index (Phi) is 9.03. The lowest BCUT2D eigenvalue weighted by atomic mass is 10.1. The Hall–Kier alpha value is -3.41. The largest absolute Gasteiger partial charge is 0.493 e. The van der Waals surface area contributed by atoms with Crippen molar-refractivity contribution in [3.8, 4) is 17.2 Å². The van der Waals surface area contributed by atoms with Crippen molar-refractivity contribution in [1.29, 1.82) is 0 Å². The van der Waals surface area contributed by atoms with Crippen LogP contribution in [-0.4, -0.2) is 79.7 Å². The molecule has 2 amide bonds. The predicted octanol–water partition coefficient (Wildman–Crippen LogP) is 3.59. The Balaban J connectivity index is 1.44. The minimum atomic E-state index is -0.571. The number of hydrogen-bond donors (Lipinski definition) is 0. The van der Waals surface area contributed by atoms with Crippen molar-refractivity contribution in [1.82, 2.24) is 4.90 Å². The minimum Gasteiger partial charge on any atom is -0.493 e. The molecule has 2 aliphatic heterocycles. The van der Waals surface area contributed by atoms with E-state index in [2.05, 4.69) is 0 Å². The van der Waals surface area contributed by atoms with Gasteiger partial charge in [-0.25, -0.2) is 4.90 Å². The third kappa shape index (κ3) is 5.85. The Bertz CT molecular complexity index is 1260. The highest BCUT2D eigenvalue weighted by atomic mass is 32.2. The van der Waals surface area contributed by atoms with Gasteiger partial charge in [0.15, 0.2) is 17.3 Å². The van der Waals surface area contributed by atoms with Gasteiger partial charge >= 0.3 is 0 Å². The smallest absolute Gasteiger partial charge is 0.247 e. The number of anilines is 1. The fourth-order valence-corrected chi connectivity index (χ4v) is 5.74. The van der Waals surface area contributed by atoms with Crippen molar-refractivity contribution >= 4 is 57.7 Å². The first-order chi connectivity index (χ1) is 18.4. The maximum absolute atomic E-state index is 13.0. The first-order valence-corrected chi connectivity index (χ1v) is 13.2. The summed E-state index contributed by atoms with van der Waals surface area (Å²) in [6.07, 6.45) is 3.12. The molecule has 0 aliphatic carbocycles. The van der Waals surface area contributed by atoms with Gasteiger partial charge in [-0.3, -0.25) is 14.4 Å². The van der Waals surface area contributed by atoms with Crippen molar-refractivity contribution in [2.24, 2.45) is 0 Å². The van der Waals surface area contributed by atoms with Crippen LogP contribution in [0.4, 0.5) is 5.69 Å². The van der Waals surface area contributed by atoms with Gasteiger partial charge in [0.25, 0.3) is 0 Å². The summed E-state index contributed by atoms with van der Waals surface area (Å²) in [5, 5.41) is -0.571. The average Bonchev–Trinajstić information content (AvgIpc) is 3.23. The number of carbonyl (C=O) groups is 3. The van der Waals surface area contributed by atoms with E-state index in [4.69, 9.17) is 31.2 Å². The van der Waals surface area contributed by atoms with E-state index in [0.717, 1.165) is 4.90 Å². The first kappa shape index (κ1) is 27.6. The standard InChI is InChI=1S/C27H28N2O7S2/c1-33-21-11-7-18(24(34-2)25(21)35-3)6-10-20(30)17-4-8-19(9-5-17)29-23(31)16-22(26(29)32)38-27(37)28-12-14-36-15-13-28/h4-11,22H,12-16H2,1-3H3/b10-6+/t22-/m1/s1. The summed E-state index contributed by atoms with van der Waals surface area (Å²) in [5.41, 5.74) is 1.47. The molecule has 1 atom stereocenters. The highest BCUT2D eigenvalue weighted by molar-refractivity contribution is 8.23. The number of benzene rings is 2. The molecule has 2 heterocycles. The molecule has 2 aromatic rings. The number of ether oxygens (including phenoxy) is 4. The number of hydrogen-bond acceptors (Lipinski definition) is 9. The summed E-state index contributed by atoms with van der Waals surface area (Å²) < 4.78 is 22.1. The molecule has 11 heteroatoms. The predicted molar refractivity (Wildman–Crippen MR) is 149 cm³/mol. The number of rotatable bonds is 8. The number of methoxy groups -OCH3 is 3. The van der Waals surface area contributed by atoms with Gasteiger partial charge in [-0.05, 0) is 48.6 Å². The van der Waals surface area contributed by atoms with E-state index in [0.29, 0.717) is 64.7 Å². The van der Waals surface area contributed by atoms with E-state index in [1.54, 1.807) is 42.5 Å². The van der Waals surface area contributed by atoms with Crippen LogP contribution in [0.25, 0.3) is 6.08 Å². The second-order valence-corrected chi connectivity index (χ2v) is 10.2. The number of thioether (sulfide) groups is 1. The Morgan fingerprint density at radius 1 is 1.00 bits per heavy atom. The molecule has 0 aromatic heterocycles. The molecular formula is C27H28N2O7S2. The highest BCUT2D eigenvalue weighted by Crippen LogP contribution is 2.40. The van der Waals surface area contributed by atoms with Gasteiger partial charge in [-0.1, -0.05) is 24.0 Å². The van der Waals surface area contributed by atoms with Crippen LogP contribution in [0.15, 0.2) is 42.5 Å². The topological polar surface area (TPSA) is 94.6 Å². The average molecular weight is 557 g/mol. The van der Waals surface area contributed by atoms with Crippen LogP contribution in [0.2, 0.25) is 0 Å². The molecule has 0 N–H and O–H groups in total. The first-order valence-electron chi connectivity index (χ1n) is 11.9. The second kappa shape index (κ2) is 12.4. The zero-order valence-corrected chi connectivity index (χ0v) is 22.9. The number of carbonyl (C=O) groups excluding carboxylic acids is 3. The summed E-state index contributed by atoms with van der Waals surface area (Å²) in [7, 11) is 4.55. The van der Waals surface area contributed by atoms with Gasteiger partial charge in [-0.2, -0.15) is 0 Å². The van der Waals surface area contributed by atoms with Crippen LogP contribution >= 0.6 is 24.0 Å². The number of morpholine rings is 1. The Labute approximate surface area is 230 Å². The summed E-state index contributed by atoms with van der Waals surface area (Å²) in [5.74, 6) is 0.524. The van der Waals surface area contributed by atoms with Crippen LogP contribution in [0.1, 0.15) is 22.3 Å². The van der Waals surface area contributed by atoms with Gasteiger partial charge in [0.1, 0.15) is 9.57 Å². The van der Waals surface area contributed by atoms with E-state index < -0.39 is 5.25 Å². The van der Waals surface area contributed by atoms with Crippen molar-refractivity contribution in [2.75, 3.05) is 52.5 Å². The zero-order chi connectivity index (χ0) is 27.2. The van der Waals surface area contributed by atoms with E-state index in [1.807, 2.05) is 4.90 Å². The van der Waals surface area contributed by atoms with Crippen molar-refractivity contribution in [2.45, 2.75) is 11.7 Å². The molecule has 0 spiro atoms. The second-order valence-electron chi connectivity index (χ2n) is 8.41.